The van der Waals surface area contributed by atoms with Crippen LogP contribution in [0.5, 0.6) is 0 Å². The topological polar surface area (TPSA) is 52.3 Å². The summed E-state index contributed by atoms with van der Waals surface area (Å²) in [6.07, 6.45) is 0. The van der Waals surface area contributed by atoms with Crippen LogP contribution in [0, 0.1) is 11.8 Å². The molecule has 0 bridgehead atoms. The highest BCUT2D eigenvalue weighted by atomic mass is 32.2. The fourth-order valence-electron chi connectivity index (χ4n) is 1.36. The van der Waals surface area contributed by atoms with Gasteiger partial charge in [-0.1, -0.05) is 30.0 Å². The summed E-state index contributed by atoms with van der Waals surface area (Å²) in [5.74, 6) is 6.81. The molecule has 0 fully saturated rings. The van der Waals surface area contributed by atoms with Gasteiger partial charge < -0.3 is 10.5 Å². The van der Waals surface area contributed by atoms with E-state index in [1.165, 1.54) is 11.8 Å². The van der Waals surface area contributed by atoms with Gasteiger partial charge in [0.2, 0.25) is 0 Å². The van der Waals surface area contributed by atoms with Crippen molar-refractivity contribution in [2.24, 2.45) is 5.73 Å². The molecule has 0 aliphatic rings. The predicted octanol–water partition coefficient (Wildman–Crippen LogP) is 1.79. The van der Waals surface area contributed by atoms with Crippen molar-refractivity contribution in [2.75, 3.05) is 18.9 Å². The van der Waals surface area contributed by atoms with Crippen molar-refractivity contribution in [3.63, 3.8) is 0 Å². The summed E-state index contributed by atoms with van der Waals surface area (Å²) in [6.45, 7) is 2.59. The van der Waals surface area contributed by atoms with E-state index in [1.54, 1.807) is 6.92 Å². The fraction of sp³-hybridized carbons (Fsp3) is 0.357. The first-order valence-corrected chi connectivity index (χ1v) is 6.93. The molecule has 0 saturated carbocycles. The molecule has 0 aliphatic heterocycles. The van der Waals surface area contributed by atoms with Gasteiger partial charge in [0.15, 0.2) is 0 Å². The zero-order chi connectivity index (χ0) is 13.2. The number of hydrogen-bond acceptors (Lipinski definition) is 4. The minimum absolute atomic E-state index is 0.173. The molecule has 18 heavy (non-hydrogen) atoms. The molecule has 0 saturated heterocycles. The number of esters is 1. The zero-order valence-electron chi connectivity index (χ0n) is 10.4. The van der Waals surface area contributed by atoms with Crippen LogP contribution in [0.4, 0.5) is 0 Å². The molecule has 1 aromatic carbocycles. The Morgan fingerprint density at radius 3 is 2.94 bits per heavy atom. The third-order valence-corrected chi connectivity index (χ3v) is 3.08. The Morgan fingerprint density at radius 2 is 2.22 bits per heavy atom. The Hall–Kier alpha value is -1.44. The van der Waals surface area contributed by atoms with E-state index in [0.29, 0.717) is 18.9 Å². The number of ether oxygens (including phenoxy) is 1. The number of benzene rings is 1. The summed E-state index contributed by atoms with van der Waals surface area (Å²) < 4.78 is 4.87. The lowest BCUT2D eigenvalue weighted by Crippen LogP contribution is -2.06. The van der Waals surface area contributed by atoms with Gasteiger partial charge in [-0.25, -0.2) is 0 Å². The van der Waals surface area contributed by atoms with Gasteiger partial charge in [-0.2, -0.15) is 0 Å². The summed E-state index contributed by atoms with van der Waals surface area (Å²) in [7, 11) is 0. The molecule has 2 N–H and O–H groups in total. The molecular formula is C14H17NO2S. The van der Waals surface area contributed by atoms with Gasteiger partial charge >= 0.3 is 5.97 Å². The van der Waals surface area contributed by atoms with Crippen molar-refractivity contribution >= 4 is 17.7 Å². The van der Waals surface area contributed by atoms with E-state index in [2.05, 4.69) is 11.8 Å². The highest BCUT2D eigenvalue weighted by molar-refractivity contribution is 7.99. The summed E-state index contributed by atoms with van der Waals surface area (Å²) in [4.78, 5) is 11.2. The van der Waals surface area contributed by atoms with Gasteiger partial charge in [0.1, 0.15) is 0 Å². The van der Waals surface area contributed by atoms with E-state index < -0.39 is 0 Å². The van der Waals surface area contributed by atoms with Crippen molar-refractivity contribution < 1.29 is 9.53 Å². The maximum absolute atomic E-state index is 11.2. The summed E-state index contributed by atoms with van der Waals surface area (Å²) in [6, 6.07) is 7.88. The average molecular weight is 263 g/mol. The number of carbonyl (C=O) groups is 1. The standard InChI is InChI=1S/C14H17NO2S/c1-2-17-14(16)11-18-10-13-7-4-3-6-12(13)8-5-9-15/h3-4,6-7H,2,9-11,15H2,1H3. The van der Waals surface area contributed by atoms with Crippen molar-refractivity contribution in [1.82, 2.24) is 0 Å². The molecular weight excluding hydrogens is 246 g/mol. The zero-order valence-corrected chi connectivity index (χ0v) is 11.3. The van der Waals surface area contributed by atoms with E-state index in [0.717, 1.165) is 16.9 Å². The number of nitrogens with two attached hydrogens (primary N) is 1. The van der Waals surface area contributed by atoms with Crippen LogP contribution in [0.15, 0.2) is 24.3 Å². The van der Waals surface area contributed by atoms with Crippen LogP contribution in [-0.2, 0) is 15.3 Å². The Balaban J connectivity index is 2.54. The summed E-state index contributed by atoms with van der Waals surface area (Å²) in [5.41, 5.74) is 7.45. The first kappa shape index (κ1) is 14.6. The van der Waals surface area contributed by atoms with Crippen molar-refractivity contribution in [3.8, 4) is 11.8 Å². The Kier molecular flexibility index (Phi) is 7.00. The van der Waals surface area contributed by atoms with Crippen molar-refractivity contribution in [3.05, 3.63) is 35.4 Å². The monoisotopic (exact) mass is 263 g/mol. The third-order valence-electron chi connectivity index (χ3n) is 2.13. The quantitative estimate of drug-likeness (QED) is 0.650. The van der Waals surface area contributed by atoms with Gasteiger partial charge in [0.25, 0.3) is 0 Å². The number of hydrogen-bond donors (Lipinski definition) is 1. The first-order valence-electron chi connectivity index (χ1n) is 5.78. The smallest absolute Gasteiger partial charge is 0.315 e. The van der Waals surface area contributed by atoms with Crippen LogP contribution in [0.1, 0.15) is 18.1 Å². The minimum Gasteiger partial charge on any atom is -0.465 e. The normalized spacial score (nSPS) is 9.44. The molecule has 0 radical (unpaired) electrons. The maximum Gasteiger partial charge on any atom is 0.315 e. The van der Waals surface area contributed by atoms with Gasteiger partial charge in [-0.15, -0.1) is 11.8 Å². The molecule has 0 spiro atoms. The summed E-state index contributed by atoms with van der Waals surface area (Å²) >= 11 is 1.53. The molecule has 0 unspecified atom stereocenters. The molecule has 0 amide bonds. The molecule has 1 aromatic rings. The van der Waals surface area contributed by atoms with Crippen LogP contribution in [0.3, 0.4) is 0 Å². The SMILES string of the molecule is CCOC(=O)CSCc1ccccc1C#CCN. The Bertz CT molecular complexity index is 449. The van der Waals surface area contributed by atoms with Crippen LogP contribution in [0.25, 0.3) is 0 Å². The number of thioether (sulfide) groups is 1. The van der Waals surface area contributed by atoms with Gasteiger partial charge in [-0.05, 0) is 18.6 Å². The van der Waals surface area contributed by atoms with Crippen molar-refractivity contribution in [1.29, 1.82) is 0 Å². The molecule has 3 nitrogen and oxygen atoms in total. The van der Waals surface area contributed by atoms with E-state index in [-0.39, 0.29) is 5.97 Å². The summed E-state index contributed by atoms with van der Waals surface area (Å²) in [5, 5.41) is 0. The van der Waals surface area contributed by atoms with Crippen LogP contribution in [0.2, 0.25) is 0 Å². The van der Waals surface area contributed by atoms with Crippen molar-refractivity contribution in [2.45, 2.75) is 12.7 Å². The lowest BCUT2D eigenvalue weighted by molar-refractivity contribution is -0.139. The Labute approximate surface area is 112 Å². The lowest BCUT2D eigenvalue weighted by atomic mass is 10.1. The second kappa shape index (κ2) is 8.62. The second-order valence-corrected chi connectivity index (χ2v) is 4.45. The largest absolute Gasteiger partial charge is 0.465 e. The third kappa shape index (κ3) is 5.26. The number of carbonyl (C=O) groups excluding carboxylic acids is 1. The molecule has 0 aromatic heterocycles. The van der Waals surface area contributed by atoms with E-state index in [1.807, 2.05) is 24.3 Å². The first-order chi connectivity index (χ1) is 8.77. The molecule has 1 rings (SSSR count). The van der Waals surface area contributed by atoms with Gasteiger partial charge in [0.05, 0.1) is 18.9 Å². The molecule has 4 heteroatoms. The van der Waals surface area contributed by atoms with E-state index in [9.17, 15) is 4.79 Å². The van der Waals surface area contributed by atoms with Crippen LogP contribution in [-0.4, -0.2) is 24.9 Å². The molecule has 0 atom stereocenters. The maximum atomic E-state index is 11.2. The van der Waals surface area contributed by atoms with E-state index >= 15 is 0 Å². The lowest BCUT2D eigenvalue weighted by Gasteiger charge is -2.04. The Morgan fingerprint density at radius 1 is 1.44 bits per heavy atom. The minimum atomic E-state index is -0.173. The average Bonchev–Trinajstić information content (AvgIpc) is 2.38. The van der Waals surface area contributed by atoms with E-state index in [4.69, 9.17) is 10.5 Å². The molecule has 0 heterocycles. The molecule has 0 aliphatic carbocycles. The van der Waals surface area contributed by atoms with Gasteiger partial charge in [0, 0.05) is 11.3 Å². The molecule has 96 valence electrons. The van der Waals surface area contributed by atoms with Crippen LogP contribution < -0.4 is 5.73 Å². The van der Waals surface area contributed by atoms with Gasteiger partial charge in [-0.3, -0.25) is 4.79 Å². The second-order valence-electron chi connectivity index (χ2n) is 3.46. The highest BCUT2D eigenvalue weighted by Gasteiger charge is 2.04. The predicted molar refractivity (Wildman–Crippen MR) is 75.2 cm³/mol. The highest BCUT2D eigenvalue weighted by Crippen LogP contribution is 2.16. The number of rotatable bonds is 5. The van der Waals surface area contributed by atoms with Crippen LogP contribution >= 0.6 is 11.8 Å². The fourth-order valence-corrected chi connectivity index (χ4v) is 2.19.